The number of hydrogen-bond acceptors (Lipinski definition) is 5. The Labute approximate surface area is 152 Å². The molecule has 7 heteroatoms. The molecule has 0 saturated heterocycles. The molecule has 1 atom stereocenters. The fourth-order valence-corrected chi connectivity index (χ4v) is 2.76. The molecular weight excluding hydrogens is 334 g/mol. The van der Waals surface area contributed by atoms with Gasteiger partial charge in [0.2, 0.25) is 5.91 Å². The van der Waals surface area contributed by atoms with E-state index in [1.165, 1.54) is 6.07 Å². The first-order valence-corrected chi connectivity index (χ1v) is 8.22. The second-order valence-corrected chi connectivity index (χ2v) is 6.11. The highest BCUT2D eigenvalue weighted by Gasteiger charge is 2.21. The molecule has 1 N–H and O–H groups in total. The van der Waals surface area contributed by atoms with Gasteiger partial charge >= 0.3 is 0 Å². The maximum Gasteiger partial charge on any atom is 0.293 e. The van der Waals surface area contributed by atoms with Gasteiger partial charge in [-0.3, -0.25) is 19.8 Å². The Morgan fingerprint density at radius 1 is 1.27 bits per heavy atom. The molecule has 0 aliphatic carbocycles. The summed E-state index contributed by atoms with van der Waals surface area (Å²) in [5.74, 6) is 0.438. The number of rotatable bonds is 7. The van der Waals surface area contributed by atoms with Gasteiger partial charge in [0.05, 0.1) is 18.6 Å². The molecule has 138 valence electrons. The van der Waals surface area contributed by atoms with Crippen molar-refractivity contribution >= 4 is 17.3 Å². The normalized spacial score (nSPS) is 11.9. The number of likely N-dealkylation sites (N-methyl/N-ethyl adjacent to an activating group) is 1. The van der Waals surface area contributed by atoms with Gasteiger partial charge in [-0.1, -0.05) is 30.3 Å². The summed E-state index contributed by atoms with van der Waals surface area (Å²) in [5, 5.41) is 13.8. The lowest BCUT2D eigenvalue weighted by Crippen LogP contribution is -2.32. The number of carbonyl (C=O) groups is 1. The summed E-state index contributed by atoms with van der Waals surface area (Å²) in [7, 11) is 3.43. The van der Waals surface area contributed by atoms with Gasteiger partial charge in [0, 0.05) is 17.7 Å². The molecule has 1 unspecified atom stereocenters. The number of carbonyl (C=O) groups excluding carboxylic acids is 1. The van der Waals surface area contributed by atoms with Crippen LogP contribution in [0, 0.1) is 17.0 Å². The zero-order chi connectivity index (χ0) is 19.3. The quantitative estimate of drug-likeness (QED) is 0.605. The van der Waals surface area contributed by atoms with Gasteiger partial charge in [0.25, 0.3) is 5.69 Å². The molecule has 7 nitrogen and oxygen atoms in total. The molecule has 0 spiro atoms. The van der Waals surface area contributed by atoms with Crippen LogP contribution in [0.4, 0.5) is 11.4 Å². The number of nitrogens with one attached hydrogen (secondary N) is 1. The van der Waals surface area contributed by atoms with E-state index in [4.69, 9.17) is 4.74 Å². The van der Waals surface area contributed by atoms with Crippen LogP contribution in [0.15, 0.2) is 42.5 Å². The number of nitro benzene ring substituents is 1. The van der Waals surface area contributed by atoms with Crippen molar-refractivity contribution in [1.82, 2.24) is 4.90 Å². The highest BCUT2D eigenvalue weighted by Crippen LogP contribution is 2.29. The monoisotopic (exact) mass is 357 g/mol. The minimum absolute atomic E-state index is 0.0660. The van der Waals surface area contributed by atoms with Gasteiger partial charge in [-0.2, -0.15) is 0 Å². The first kappa shape index (κ1) is 19.4. The summed E-state index contributed by atoms with van der Waals surface area (Å²) in [6.45, 7) is 3.79. The lowest BCUT2D eigenvalue weighted by molar-refractivity contribution is -0.384. The standard InChI is InChI=1S/C19H23N3O4/c1-13-8-7-10-16(22(24)25)19(13)20-18(23)12-21(3)14(2)15-9-5-6-11-17(15)26-4/h5-11,14H,12H2,1-4H3,(H,20,23). The maximum atomic E-state index is 12.4. The van der Waals surface area contributed by atoms with Crippen molar-refractivity contribution in [2.24, 2.45) is 0 Å². The molecular formula is C19H23N3O4. The summed E-state index contributed by atoms with van der Waals surface area (Å²) in [6, 6.07) is 12.3. The van der Waals surface area contributed by atoms with E-state index in [1.807, 2.05) is 43.1 Å². The van der Waals surface area contributed by atoms with Gasteiger partial charge in [-0.15, -0.1) is 0 Å². The molecule has 26 heavy (non-hydrogen) atoms. The number of hydrogen-bond donors (Lipinski definition) is 1. The Bertz CT molecular complexity index is 807. The molecule has 1 amide bonds. The van der Waals surface area contributed by atoms with Gasteiger partial charge in [0.15, 0.2) is 0 Å². The van der Waals surface area contributed by atoms with E-state index in [0.29, 0.717) is 5.56 Å². The van der Waals surface area contributed by atoms with Gasteiger partial charge in [0.1, 0.15) is 11.4 Å². The number of aryl methyl sites for hydroxylation is 1. The third kappa shape index (κ3) is 4.37. The molecule has 0 radical (unpaired) electrons. The Morgan fingerprint density at radius 2 is 1.96 bits per heavy atom. The molecule has 0 heterocycles. The van der Waals surface area contributed by atoms with Crippen LogP contribution in [0.1, 0.15) is 24.1 Å². The molecule has 2 rings (SSSR count). The number of anilines is 1. The topological polar surface area (TPSA) is 84.7 Å². The van der Waals surface area contributed by atoms with E-state index in [2.05, 4.69) is 5.32 Å². The number of ether oxygens (including phenoxy) is 1. The molecule has 2 aromatic rings. The van der Waals surface area contributed by atoms with Crippen molar-refractivity contribution in [2.75, 3.05) is 26.0 Å². The van der Waals surface area contributed by atoms with Crippen LogP contribution in [0.25, 0.3) is 0 Å². The van der Waals surface area contributed by atoms with E-state index in [0.717, 1.165) is 11.3 Å². The van der Waals surface area contributed by atoms with Crippen molar-refractivity contribution in [1.29, 1.82) is 0 Å². The number of benzene rings is 2. The average Bonchev–Trinajstić information content (AvgIpc) is 2.62. The van der Waals surface area contributed by atoms with Crippen molar-refractivity contribution in [2.45, 2.75) is 19.9 Å². The predicted octanol–water partition coefficient (Wildman–Crippen LogP) is 3.54. The van der Waals surface area contributed by atoms with E-state index in [9.17, 15) is 14.9 Å². The zero-order valence-corrected chi connectivity index (χ0v) is 15.4. The van der Waals surface area contributed by atoms with Crippen molar-refractivity contribution < 1.29 is 14.5 Å². The minimum atomic E-state index is -0.496. The first-order valence-electron chi connectivity index (χ1n) is 8.22. The van der Waals surface area contributed by atoms with E-state index in [1.54, 1.807) is 26.2 Å². The van der Waals surface area contributed by atoms with Crippen LogP contribution in [-0.4, -0.2) is 36.4 Å². The summed E-state index contributed by atoms with van der Waals surface area (Å²) >= 11 is 0. The Morgan fingerprint density at radius 3 is 2.62 bits per heavy atom. The molecule has 0 saturated carbocycles. The first-order chi connectivity index (χ1) is 12.3. The third-order valence-corrected chi connectivity index (χ3v) is 4.36. The van der Waals surface area contributed by atoms with Crippen LogP contribution in [0.5, 0.6) is 5.75 Å². The number of amides is 1. The highest BCUT2D eigenvalue weighted by atomic mass is 16.6. The van der Waals surface area contributed by atoms with Crippen molar-refractivity contribution in [3.05, 3.63) is 63.7 Å². The fraction of sp³-hybridized carbons (Fsp3) is 0.316. The maximum absolute atomic E-state index is 12.4. The van der Waals surface area contributed by atoms with Crippen LogP contribution in [0.3, 0.4) is 0 Å². The second-order valence-electron chi connectivity index (χ2n) is 6.11. The van der Waals surface area contributed by atoms with E-state index in [-0.39, 0.29) is 29.9 Å². The molecule has 0 aromatic heterocycles. The molecule has 0 fully saturated rings. The van der Waals surface area contributed by atoms with Crippen LogP contribution < -0.4 is 10.1 Å². The Kier molecular flexibility index (Phi) is 6.30. The lowest BCUT2D eigenvalue weighted by Gasteiger charge is -2.25. The SMILES string of the molecule is COc1ccccc1C(C)N(C)CC(=O)Nc1c(C)cccc1[N+](=O)[O-]. The third-order valence-electron chi connectivity index (χ3n) is 4.36. The van der Waals surface area contributed by atoms with Gasteiger partial charge in [-0.25, -0.2) is 0 Å². The molecule has 0 bridgehead atoms. The van der Waals surface area contributed by atoms with E-state index < -0.39 is 4.92 Å². The Hall–Kier alpha value is -2.93. The molecule has 0 aliphatic rings. The number of nitro groups is 1. The zero-order valence-electron chi connectivity index (χ0n) is 15.4. The van der Waals surface area contributed by atoms with Crippen molar-refractivity contribution in [3.8, 4) is 5.75 Å². The van der Waals surface area contributed by atoms with E-state index >= 15 is 0 Å². The number of para-hydroxylation sites is 2. The van der Waals surface area contributed by atoms with Crippen molar-refractivity contribution in [3.63, 3.8) is 0 Å². The fourth-order valence-electron chi connectivity index (χ4n) is 2.76. The minimum Gasteiger partial charge on any atom is -0.496 e. The predicted molar refractivity (Wildman–Crippen MR) is 101 cm³/mol. The lowest BCUT2D eigenvalue weighted by atomic mass is 10.1. The molecule has 2 aromatic carbocycles. The summed E-state index contributed by atoms with van der Waals surface area (Å²) in [6.07, 6.45) is 0. The van der Waals surface area contributed by atoms with Crippen LogP contribution >= 0.6 is 0 Å². The summed E-state index contributed by atoms with van der Waals surface area (Å²) in [5.41, 5.74) is 1.74. The Balaban J connectivity index is 2.12. The van der Waals surface area contributed by atoms with Crippen LogP contribution in [-0.2, 0) is 4.79 Å². The summed E-state index contributed by atoms with van der Waals surface area (Å²) in [4.78, 5) is 25.0. The number of methoxy groups -OCH3 is 1. The smallest absolute Gasteiger partial charge is 0.293 e. The second kappa shape index (κ2) is 8.44. The van der Waals surface area contributed by atoms with Gasteiger partial charge in [-0.05, 0) is 32.5 Å². The number of nitrogens with zero attached hydrogens (tertiary/aromatic N) is 2. The molecule has 0 aliphatic heterocycles. The summed E-state index contributed by atoms with van der Waals surface area (Å²) < 4.78 is 5.37. The van der Waals surface area contributed by atoms with Crippen LogP contribution in [0.2, 0.25) is 0 Å². The average molecular weight is 357 g/mol. The largest absolute Gasteiger partial charge is 0.496 e. The highest BCUT2D eigenvalue weighted by molar-refractivity contribution is 5.95. The van der Waals surface area contributed by atoms with Gasteiger partial charge < -0.3 is 10.1 Å².